The Labute approximate surface area is 130 Å². The van der Waals surface area contributed by atoms with E-state index in [0.717, 1.165) is 6.08 Å². The lowest BCUT2D eigenvalue weighted by Crippen LogP contribution is -2.13. The van der Waals surface area contributed by atoms with Crippen LogP contribution in [0, 0.1) is 0 Å². The molecule has 0 bridgehead atoms. The van der Waals surface area contributed by atoms with Gasteiger partial charge in [-0.05, 0) is 30.2 Å². The Balaban J connectivity index is 3.29. The van der Waals surface area contributed by atoms with Crippen molar-refractivity contribution < 1.29 is 24.2 Å². The number of alkyl halides is 1. The molecule has 0 aliphatic heterocycles. The third-order valence-electron chi connectivity index (χ3n) is 2.64. The second kappa shape index (κ2) is 8.36. The Morgan fingerprint density at radius 2 is 2.05 bits per heavy atom. The van der Waals surface area contributed by atoms with Gasteiger partial charge in [-0.15, -0.1) is 0 Å². The van der Waals surface area contributed by atoms with Crippen molar-refractivity contribution in [3.63, 3.8) is 0 Å². The molecule has 112 valence electrons. The van der Waals surface area contributed by atoms with E-state index in [1.54, 1.807) is 25.1 Å². The first-order valence-corrected chi connectivity index (χ1v) is 7.39. The van der Waals surface area contributed by atoms with Crippen molar-refractivity contribution >= 4 is 39.7 Å². The maximum Gasteiger partial charge on any atom is 0.338 e. The number of carbonyl (C=O) groups excluding carboxylic acids is 2. The molecule has 5 nitrogen and oxygen atoms in total. The molecule has 0 spiro atoms. The first kappa shape index (κ1) is 17.1. The molecule has 1 aromatic carbocycles. The van der Waals surface area contributed by atoms with Crippen molar-refractivity contribution in [3.05, 3.63) is 41.0 Å². The van der Waals surface area contributed by atoms with E-state index >= 15 is 0 Å². The predicted molar refractivity (Wildman–Crippen MR) is 81.6 cm³/mol. The van der Waals surface area contributed by atoms with Crippen molar-refractivity contribution in [2.75, 3.05) is 11.9 Å². The Bertz CT molecular complexity index is 577. The van der Waals surface area contributed by atoms with Crippen LogP contribution in [0.2, 0.25) is 0 Å². The smallest absolute Gasteiger partial charge is 0.338 e. The normalized spacial score (nSPS) is 10.6. The fourth-order valence-electron chi connectivity index (χ4n) is 1.76. The minimum absolute atomic E-state index is 0.0273. The van der Waals surface area contributed by atoms with Crippen LogP contribution in [0.4, 0.5) is 0 Å². The van der Waals surface area contributed by atoms with Crippen LogP contribution in [-0.4, -0.2) is 34.8 Å². The van der Waals surface area contributed by atoms with E-state index in [4.69, 9.17) is 9.84 Å². The lowest BCUT2D eigenvalue weighted by molar-refractivity contribution is -0.131. The number of aliphatic carboxylic acids is 1. The summed E-state index contributed by atoms with van der Waals surface area (Å²) in [7, 11) is 0. The number of halogens is 1. The molecule has 1 N–H and O–H groups in total. The van der Waals surface area contributed by atoms with Crippen LogP contribution in [0.1, 0.15) is 28.4 Å². The minimum Gasteiger partial charge on any atom is -0.478 e. The average Bonchev–Trinajstić information content (AvgIpc) is 2.45. The summed E-state index contributed by atoms with van der Waals surface area (Å²) in [5.74, 6) is -1.74. The van der Waals surface area contributed by atoms with Gasteiger partial charge in [-0.3, -0.25) is 4.79 Å². The highest BCUT2D eigenvalue weighted by Crippen LogP contribution is 2.19. The summed E-state index contributed by atoms with van der Waals surface area (Å²) in [6, 6.07) is 4.84. The van der Waals surface area contributed by atoms with E-state index in [2.05, 4.69) is 15.9 Å². The Hall–Kier alpha value is -1.95. The molecule has 0 aliphatic carbocycles. The van der Waals surface area contributed by atoms with Gasteiger partial charge in [0.25, 0.3) is 0 Å². The number of benzene rings is 1. The molecule has 0 aliphatic rings. The molecule has 0 aromatic heterocycles. The zero-order valence-electron chi connectivity index (χ0n) is 11.5. The highest BCUT2D eigenvalue weighted by Gasteiger charge is 2.17. The van der Waals surface area contributed by atoms with E-state index in [-0.39, 0.29) is 29.7 Å². The lowest BCUT2D eigenvalue weighted by Gasteiger charge is -2.11. The van der Waals surface area contributed by atoms with Gasteiger partial charge in [0, 0.05) is 12.5 Å². The van der Waals surface area contributed by atoms with Crippen LogP contribution in [-0.2, 0) is 20.7 Å². The van der Waals surface area contributed by atoms with Crippen LogP contribution in [0.25, 0.3) is 6.08 Å². The standard InChI is InChI=1S/C15H15BrO5/c1-2-21-15(20)12-5-3-4-10(6-7-14(18)19)13(12)8-11(17)9-16/h3-7H,2,8-9H2,1H3,(H,18,19)/b7-6+. The van der Waals surface area contributed by atoms with E-state index in [0.29, 0.717) is 11.1 Å². The van der Waals surface area contributed by atoms with E-state index < -0.39 is 11.9 Å². The van der Waals surface area contributed by atoms with Gasteiger partial charge in [-0.25, -0.2) is 9.59 Å². The Morgan fingerprint density at radius 3 is 2.62 bits per heavy atom. The number of hydrogen-bond acceptors (Lipinski definition) is 4. The Morgan fingerprint density at radius 1 is 1.33 bits per heavy atom. The molecule has 0 atom stereocenters. The van der Waals surface area contributed by atoms with Crippen molar-refractivity contribution in [1.29, 1.82) is 0 Å². The maximum atomic E-state index is 11.9. The average molecular weight is 355 g/mol. The van der Waals surface area contributed by atoms with Crippen molar-refractivity contribution in [2.24, 2.45) is 0 Å². The van der Waals surface area contributed by atoms with E-state index in [9.17, 15) is 14.4 Å². The van der Waals surface area contributed by atoms with Crippen LogP contribution in [0.3, 0.4) is 0 Å². The summed E-state index contributed by atoms with van der Waals surface area (Å²) in [6.45, 7) is 1.91. The summed E-state index contributed by atoms with van der Waals surface area (Å²) in [5.41, 5.74) is 1.26. The molecule has 0 saturated heterocycles. The third kappa shape index (κ3) is 5.15. The van der Waals surface area contributed by atoms with Gasteiger partial charge in [-0.2, -0.15) is 0 Å². The summed E-state index contributed by atoms with van der Waals surface area (Å²) in [5, 5.41) is 8.86. The summed E-state index contributed by atoms with van der Waals surface area (Å²) in [6.07, 6.45) is 2.35. The number of esters is 1. The third-order valence-corrected chi connectivity index (χ3v) is 3.26. The maximum absolute atomic E-state index is 11.9. The topological polar surface area (TPSA) is 80.7 Å². The Kier molecular flexibility index (Phi) is 6.81. The molecule has 0 saturated carbocycles. The number of carboxylic acids is 1. The van der Waals surface area contributed by atoms with Gasteiger partial charge >= 0.3 is 11.9 Å². The first-order chi connectivity index (χ1) is 9.99. The van der Waals surface area contributed by atoms with Crippen LogP contribution in [0.15, 0.2) is 24.3 Å². The molecule has 0 radical (unpaired) electrons. The fourth-order valence-corrected chi connectivity index (χ4v) is 1.96. The van der Waals surface area contributed by atoms with Gasteiger partial charge in [-0.1, -0.05) is 28.1 Å². The van der Waals surface area contributed by atoms with E-state index in [1.165, 1.54) is 6.08 Å². The van der Waals surface area contributed by atoms with Crippen LogP contribution < -0.4 is 0 Å². The van der Waals surface area contributed by atoms with Gasteiger partial charge in [0.05, 0.1) is 17.5 Å². The zero-order valence-corrected chi connectivity index (χ0v) is 13.1. The molecular weight excluding hydrogens is 340 g/mol. The molecule has 1 aromatic rings. The SMILES string of the molecule is CCOC(=O)c1cccc(/C=C/C(=O)O)c1CC(=O)CBr. The van der Waals surface area contributed by atoms with Gasteiger partial charge in [0.2, 0.25) is 0 Å². The minimum atomic E-state index is -1.10. The number of rotatable bonds is 7. The van der Waals surface area contributed by atoms with Crippen molar-refractivity contribution in [2.45, 2.75) is 13.3 Å². The van der Waals surface area contributed by atoms with Crippen molar-refractivity contribution in [1.82, 2.24) is 0 Å². The molecule has 21 heavy (non-hydrogen) atoms. The molecule has 0 unspecified atom stereocenters. The van der Waals surface area contributed by atoms with Gasteiger partial charge in [0.15, 0.2) is 0 Å². The number of carbonyl (C=O) groups is 3. The van der Waals surface area contributed by atoms with Crippen LogP contribution >= 0.6 is 15.9 Å². The fraction of sp³-hybridized carbons (Fsp3) is 0.267. The molecule has 0 fully saturated rings. The summed E-state index contributed by atoms with van der Waals surface area (Å²) < 4.78 is 4.96. The molecule has 6 heteroatoms. The highest BCUT2D eigenvalue weighted by atomic mass is 79.9. The first-order valence-electron chi connectivity index (χ1n) is 6.27. The highest BCUT2D eigenvalue weighted by molar-refractivity contribution is 9.09. The molecule has 1 rings (SSSR count). The second-order valence-electron chi connectivity index (χ2n) is 4.11. The number of ether oxygens (including phenoxy) is 1. The summed E-state index contributed by atoms with van der Waals surface area (Å²) >= 11 is 3.07. The number of carboxylic acid groups (broad SMARTS) is 1. The quantitative estimate of drug-likeness (QED) is 0.462. The van der Waals surface area contributed by atoms with Crippen molar-refractivity contribution in [3.8, 4) is 0 Å². The predicted octanol–water partition coefficient (Wildman–Crippen LogP) is 2.47. The molecule has 0 heterocycles. The molecular formula is C15H15BrO5. The van der Waals surface area contributed by atoms with Gasteiger partial charge < -0.3 is 9.84 Å². The van der Waals surface area contributed by atoms with E-state index in [1.807, 2.05) is 0 Å². The monoisotopic (exact) mass is 354 g/mol. The largest absolute Gasteiger partial charge is 0.478 e. The number of Topliss-reactive ketones (excluding diaryl/α,β-unsaturated/α-hetero) is 1. The number of ketones is 1. The second-order valence-corrected chi connectivity index (χ2v) is 4.68. The number of hydrogen-bond donors (Lipinski definition) is 1. The van der Waals surface area contributed by atoms with Crippen LogP contribution in [0.5, 0.6) is 0 Å². The lowest BCUT2D eigenvalue weighted by atomic mass is 9.96. The molecule has 0 amide bonds. The zero-order chi connectivity index (χ0) is 15.8. The van der Waals surface area contributed by atoms with Gasteiger partial charge in [0.1, 0.15) is 5.78 Å². The summed E-state index contributed by atoms with van der Waals surface area (Å²) in [4.78, 5) is 34.2.